The number of hydrogen-bond donors (Lipinski definition) is 4. The number of nitrogens with one attached hydrogen (secondary N) is 4. The van der Waals surface area contributed by atoms with Crippen LogP contribution in [0.15, 0.2) is 73.1 Å². The molecular formula is C48H56N8O6. The number of H-pyrrole nitrogens is 2. The number of amides is 4. The molecule has 14 nitrogen and oxygen atoms in total. The quantitative estimate of drug-likeness (QED) is 0.103. The summed E-state index contributed by atoms with van der Waals surface area (Å²) in [6.07, 6.45) is 5.95. The molecule has 4 aliphatic rings. The van der Waals surface area contributed by atoms with Gasteiger partial charge in [-0.15, -0.1) is 0 Å². The fourth-order valence-electron chi connectivity index (χ4n) is 10.1. The zero-order valence-electron chi connectivity index (χ0n) is 36.6. The zero-order valence-corrected chi connectivity index (χ0v) is 36.6. The van der Waals surface area contributed by atoms with Crippen LogP contribution in [0.4, 0.5) is 9.59 Å². The molecule has 14 heteroatoms. The lowest BCUT2D eigenvalue weighted by molar-refractivity contribution is -0.137. The van der Waals surface area contributed by atoms with Crippen molar-refractivity contribution in [3.63, 3.8) is 0 Å². The molecule has 0 bridgehead atoms. The van der Waals surface area contributed by atoms with Crippen molar-refractivity contribution in [1.29, 1.82) is 0 Å². The van der Waals surface area contributed by atoms with Gasteiger partial charge in [0.25, 0.3) is 0 Å². The molecule has 2 aliphatic carbocycles. The van der Waals surface area contributed by atoms with E-state index in [4.69, 9.17) is 19.4 Å². The first-order valence-electron chi connectivity index (χ1n) is 21.7. The predicted octanol–water partition coefficient (Wildman–Crippen LogP) is 8.15. The summed E-state index contributed by atoms with van der Waals surface area (Å²) in [6, 6.07) is 19.6. The van der Waals surface area contributed by atoms with Gasteiger partial charge in [-0.1, -0.05) is 90.1 Å². The van der Waals surface area contributed by atoms with Gasteiger partial charge in [0, 0.05) is 17.6 Å². The first-order valence-corrected chi connectivity index (χ1v) is 21.7. The maximum atomic E-state index is 14.0. The molecule has 0 radical (unpaired) electrons. The normalized spacial score (nSPS) is 25.6. The number of alkyl carbamates (subject to hydrolysis) is 2. The molecular weight excluding hydrogens is 785 g/mol. The van der Waals surface area contributed by atoms with Gasteiger partial charge in [-0.05, 0) is 87.9 Å². The number of ether oxygens (including phenoxy) is 2. The number of aromatic nitrogens is 4. The van der Waals surface area contributed by atoms with Gasteiger partial charge in [0.05, 0.1) is 50.1 Å². The lowest BCUT2D eigenvalue weighted by atomic mass is 9.98. The van der Waals surface area contributed by atoms with Gasteiger partial charge < -0.3 is 39.9 Å². The Bertz CT molecular complexity index is 2560. The average molecular weight is 841 g/mol. The first kappa shape index (κ1) is 41.2. The summed E-state index contributed by atoms with van der Waals surface area (Å²) in [5.41, 5.74) is 6.00. The van der Waals surface area contributed by atoms with Crippen LogP contribution in [0.2, 0.25) is 0 Å². The van der Waals surface area contributed by atoms with E-state index in [1.54, 1.807) is 0 Å². The fourth-order valence-corrected chi connectivity index (χ4v) is 10.1. The lowest BCUT2D eigenvalue weighted by Crippen LogP contribution is -2.52. The van der Waals surface area contributed by atoms with E-state index in [-0.39, 0.29) is 58.6 Å². The zero-order chi connectivity index (χ0) is 43.8. The number of piperidine rings is 2. The van der Waals surface area contributed by atoms with Gasteiger partial charge in [0.2, 0.25) is 11.8 Å². The molecule has 2 saturated heterocycles. The van der Waals surface area contributed by atoms with E-state index < -0.39 is 24.3 Å². The molecule has 3 aromatic carbocycles. The molecule has 324 valence electrons. The molecule has 4 heterocycles. The Balaban J connectivity index is 0.892. The van der Waals surface area contributed by atoms with E-state index in [1.165, 1.54) is 14.2 Å². The Morgan fingerprint density at radius 2 is 1.02 bits per heavy atom. The summed E-state index contributed by atoms with van der Waals surface area (Å²) in [5.74, 6) is 1.07. The van der Waals surface area contributed by atoms with Gasteiger partial charge in [-0.3, -0.25) is 9.59 Å². The highest BCUT2D eigenvalue weighted by Gasteiger charge is 2.65. The van der Waals surface area contributed by atoms with Crippen molar-refractivity contribution in [1.82, 2.24) is 40.4 Å². The van der Waals surface area contributed by atoms with Gasteiger partial charge in [0.15, 0.2) is 0 Å². The van der Waals surface area contributed by atoms with E-state index in [0.717, 1.165) is 81.7 Å². The number of hydrogen-bond acceptors (Lipinski definition) is 8. The second-order valence-electron chi connectivity index (χ2n) is 19.1. The van der Waals surface area contributed by atoms with Gasteiger partial charge in [-0.25, -0.2) is 19.6 Å². The molecule has 0 spiro atoms. The Morgan fingerprint density at radius 3 is 1.47 bits per heavy atom. The topological polar surface area (TPSA) is 175 Å². The molecule has 4 N–H and O–H groups in total. The maximum absolute atomic E-state index is 14.0. The highest BCUT2D eigenvalue weighted by molar-refractivity contribution is 5.91. The highest BCUT2D eigenvalue weighted by Crippen LogP contribution is 2.64. The number of rotatable bonds is 11. The van der Waals surface area contributed by atoms with Crippen LogP contribution >= 0.6 is 0 Å². The van der Waals surface area contributed by atoms with Crippen molar-refractivity contribution in [2.24, 2.45) is 22.7 Å². The van der Waals surface area contributed by atoms with E-state index >= 15 is 0 Å². The first-order chi connectivity index (χ1) is 29.6. The van der Waals surface area contributed by atoms with Crippen molar-refractivity contribution >= 4 is 34.8 Å². The number of aromatic amines is 2. The summed E-state index contributed by atoms with van der Waals surface area (Å²) < 4.78 is 9.65. The molecule has 4 fully saturated rings. The minimum atomic E-state index is -0.693. The van der Waals surface area contributed by atoms with Crippen molar-refractivity contribution in [2.75, 3.05) is 14.2 Å². The molecule has 2 aliphatic heterocycles. The van der Waals surface area contributed by atoms with E-state index in [1.807, 2.05) is 49.9 Å². The van der Waals surface area contributed by atoms with Crippen molar-refractivity contribution in [3.05, 3.63) is 84.7 Å². The van der Waals surface area contributed by atoms with Crippen molar-refractivity contribution in [2.45, 2.75) is 103 Å². The monoisotopic (exact) mass is 840 g/mol. The van der Waals surface area contributed by atoms with Crippen LogP contribution in [0, 0.1) is 22.7 Å². The summed E-state index contributed by atoms with van der Waals surface area (Å²) in [4.78, 5) is 72.7. The van der Waals surface area contributed by atoms with E-state index in [0.29, 0.717) is 0 Å². The minimum absolute atomic E-state index is 0.0358. The second-order valence-corrected chi connectivity index (χ2v) is 19.1. The molecule has 5 aromatic rings. The van der Waals surface area contributed by atoms with Crippen molar-refractivity contribution in [3.8, 4) is 33.6 Å². The second kappa shape index (κ2) is 15.3. The number of carbonyl (C=O) groups is 4. The average Bonchev–Trinajstić information content (AvgIpc) is 3.70. The number of benzene rings is 3. The van der Waals surface area contributed by atoms with Crippen LogP contribution < -0.4 is 10.6 Å². The summed E-state index contributed by atoms with van der Waals surface area (Å²) in [6.45, 7) is 12.1. The van der Waals surface area contributed by atoms with Crippen LogP contribution in [0.25, 0.3) is 44.4 Å². The number of fused-ring (bicyclic) bond motifs is 3. The molecule has 0 unspecified atom stereocenters. The van der Waals surface area contributed by atoms with Crippen molar-refractivity contribution < 1.29 is 28.7 Å². The maximum Gasteiger partial charge on any atom is 0.407 e. The molecule has 2 aromatic heterocycles. The van der Waals surface area contributed by atoms with Crippen LogP contribution in [0.3, 0.4) is 0 Å². The summed E-state index contributed by atoms with van der Waals surface area (Å²) in [7, 11) is 2.61. The number of likely N-dealkylation sites (tertiary alicyclic amines) is 2. The summed E-state index contributed by atoms with van der Waals surface area (Å²) in [5, 5.41) is 7.71. The summed E-state index contributed by atoms with van der Waals surface area (Å²) >= 11 is 0. The Morgan fingerprint density at radius 1 is 0.613 bits per heavy atom. The van der Waals surface area contributed by atoms with E-state index in [2.05, 4.69) is 95.1 Å². The number of carbonyl (C=O) groups excluding carboxylic acids is 4. The van der Waals surface area contributed by atoms with Gasteiger partial charge >= 0.3 is 12.2 Å². The van der Waals surface area contributed by atoms with Gasteiger partial charge in [0.1, 0.15) is 23.7 Å². The third-order valence-corrected chi connectivity index (χ3v) is 14.1. The fraction of sp³-hybridized carbons (Fsp3) is 0.458. The third kappa shape index (κ3) is 7.26. The highest BCUT2D eigenvalue weighted by atomic mass is 16.5. The number of imidazole rings is 2. The van der Waals surface area contributed by atoms with Crippen LogP contribution in [-0.2, 0) is 19.1 Å². The van der Waals surface area contributed by atoms with Crippen LogP contribution in [-0.4, -0.2) is 92.1 Å². The van der Waals surface area contributed by atoms with Crippen LogP contribution in [0.5, 0.6) is 0 Å². The SMILES string of the molecule is COC(=O)N[C@H](C(=O)N1[C@H]2C[C@@]2(C)C[C@H]1c1ncc(-c2ccc(-c3ccc4cc(-c5cnc([C@@H]6C[C@]7(C)C[C@@H]7N6C(=O)[C@@H](NC(=O)OC)C(C)C)[nH]5)ccc4c3)cc2)[nH]1)C(C)C. The Labute approximate surface area is 361 Å². The third-order valence-electron chi connectivity index (χ3n) is 14.1. The molecule has 4 amide bonds. The van der Waals surface area contributed by atoms with E-state index in [9.17, 15) is 19.2 Å². The lowest BCUT2D eigenvalue weighted by Gasteiger charge is -2.31. The minimum Gasteiger partial charge on any atom is -0.453 e. The van der Waals surface area contributed by atoms with Crippen LogP contribution in [0.1, 0.15) is 91.0 Å². The Hall–Kier alpha value is -6.18. The standard InChI is InChI=1S/C48H56N8O6/c1-25(2)39(53-45(59)61-7)43(57)55-35(19-47(5)21-37(47)55)41-49-23-33(51-41)28-11-9-27(10-12-28)29-13-14-31-18-32(16-15-30(31)17-29)34-24-50-42(52-34)36-20-48(6)22-38(48)56(36)44(58)40(26(3)4)54-46(60)62-8/h9-18,23-26,35-40H,19-22H2,1-8H3,(H,49,51)(H,50,52)(H,53,59)(H,54,60)/t35-,36-,37-,38-,39-,40-,47+,48+/m0/s1. The molecule has 62 heavy (non-hydrogen) atoms. The predicted molar refractivity (Wildman–Crippen MR) is 234 cm³/mol. The molecule has 8 atom stereocenters. The smallest absolute Gasteiger partial charge is 0.407 e. The number of methoxy groups -OCH3 is 2. The Kier molecular flexibility index (Phi) is 10.2. The number of nitrogens with zero attached hydrogens (tertiary/aromatic N) is 4. The molecule has 9 rings (SSSR count). The van der Waals surface area contributed by atoms with Gasteiger partial charge in [-0.2, -0.15) is 0 Å². The molecule has 2 saturated carbocycles. The largest absolute Gasteiger partial charge is 0.453 e.